The Balaban J connectivity index is 2.12. The molecule has 0 aliphatic carbocycles. The Labute approximate surface area is 154 Å². The van der Waals surface area contributed by atoms with Gasteiger partial charge < -0.3 is 15.2 Å². The van der Waals surface area contributed by atoms with E-state index in [2.05, 4.69) is 15.3 Å². The summed E-state index contributed by atoms with van der Waals surface area (Å²) in [5.74, 6) is 0.693. The lowest BCUT2D eigenvalue weighted by Gasteiger charge is -2.09. The summed E-state index contributed by atoms with van der Waals surface area (Å²) in [4.78, 5) is 11.6. The number of nitrogens with two attached hydrogens (primary N) is 1. The monoisotopic (exact) mass is 363 g/mol. The minimum Gasteiger partial charge on any atom is -0.497 e. The fourth-order valence-corrected chi connectivity index (χ4v) is 3.15. The van der Waals surface area contributed by atoms with Crippen molar-refractivity contribution in [1.29, 1.82) is 0 Å². The molecule has 4 rings (SSSR count). The molecular weight excluding hydrogens is 346 g/mol. The van der Waals surface area contributed by atoms with E-state index < -0.39 is 5.91 Å². The molecule has 0 fully saturated rings. The second-order valence-electron chi connectivity index (χ2n) is 6.04. The van der Waals surface area contributed by atoms with Crippen LogP contribution in [0, 0.1) is 0 Å². The van der Waals surface area contributed by atoms with Crippen molar-refractivity contribution in [3.63, 3.8) is 0 Å². The van der Waals surface area contributed by atoms with Crippen LogP contribution in [-0.4, -0.2) is 40.1 Å². The lowest BCUT2D eigenvalue weighted by Crippen LogP contribution is -2.10. The van der Waals surface area contributed by atoms with E-state index in [4.69, 9.17) is 15.2 Å². The molecule has 27 heavy (non-hydrogen) atoms. The van der Waals surface area contributed by atoms with Crippen LogP contribution >= 0.6 is 0 Å². The van der Waals surface area contributed by atoms with E-state index in [-0.39, 0.29) is 0 Å². The predicted octanol–water partition coefficient (Wildman–Crippen LogP) is 2.30. The highest BCUT2D eigenvalue weighted by molar-refractivity contribution is 6.11. The molecule has 8 nitrogen and oxygen atoms in total. The fraction of sp³-hybridized carbons (Fsp3) is 0.158. The highest BCUT2D eigenvalue weighted by Gasteiger charge is 2.19. The molecule has 8 heteroatoms. The van der Waals surface area contributed by atoms with Gasteiger partial charge in [-0.2, -0.15) is 5.10 Å². The molecule has 0 atom stereocenters. The summed E-state index contributed by atoms with van der Waals surface area (Å²) in [5.41, 5.74) is 8.48. The van der Waals surface area contributed by atoms with Crippen LogP contribution in [0.3, 0.4) is 0 Å². The first-order valence-corrected chi connectivity index (χ1v) is 8.19. The summed E-state index contributed by atoms with van der Waals surface area (Å²) in [5, 5.41) is 14.8. The number of hydrogen-bond donors (Lipinski definition) is 1. The molecule has 4 aromatic rings. The van der Waals surface area contributed by atoms with Crippen molar-refractivity contribution in [2.45, 2.75) is 0 Å². The SMILES string of the molecule is COc1cc(OC)c2nnc3c(c(-c4cccc(C(N)=O)c4)nn3C)c2c1. The number of methoxy groups -OCH3 is 2. The first-order chi connectivity index (χ1) is 13.0. The van der Waals surface area contributed by atoms with Crippen LogP contribution in [-0.2, 0) is 7.05 Å². The molecule has 2 aromatic carbocycles. The van der Waals surface area contributed by atoms with E-state index in [1.54, 1.807) is 50.2 Å². The van der Waals surface area contributed by atoms with Crippen molar-refractivity contribution >= 4 is 27.8 Å². The summed E-state index contributed by atoms with van der Waals surface area (Å²) >= 11 is 0. The summed E-state index contributed by atoms with van der Waals surface area (Å²) in [6, 6.07) is 10.7. The Morgan fingerprint density at radius 3 is 2.63 bits per heavy atom. The van der Waals surface area contributed by atoms with Crippen LogP contribution in [0.15, 0.2) is 36.4 Å². The second-order valence-corrected chi connectivity index (χ2v) is 6.04. The van der Waals surface area contributed by atoms with Crippen LogP contribution in [0.5, 0.6) is 11.5 Å². The number of amides is 1. The van der Waals surface area contributed by atoms with Gasteiger partial charge in [0.2, 0.25) is 5.91 Å². The third-order valence-corrected chi connectivity index (χ3v) is 4.46. The van der Waals surface area contributed by atoms with E-state index in [1.165, 1.54) is 0 Å². The third-order valence-electron chi connectivity index (χ3n) is 4.46. The first kappa shape index (κ1) is 16.8. The van der Waals surface area contributed by atoms with Crippen LogP contribution in [0.2, 0.25) is 0 Å². The predicted molar refractivity (Wildman–Crippen MR) is 101 cm³/mol. The van der Waals surface area contributed by atoms with Crippen LogP contribution < -0.4 is 15.2 Å². The number of benzene rings is 2. The third kappa shape index (κ3) is 2.62. The van der Waals surface area contributed by atoms with Crippen molar-refractivity contribution in [3.8, 4) is 22.8 Å². The maximum Gasteiger partial charge on any atom is 0.248 e. The van der Waals surface area contributed by atoms with Gasteiger partial charge in [0.1, 0.15) is 17.0 Å². The molecule has 2 heterocycles. The summed E-state index contributed by atoms with van der Waals surface area (Å²) in [6.45, 7) is 0. The number of rotatable bonds is 4. The van der Waals surface area contributed by atoms with Gasteiger partial charge >= 0.3 is 0 Å². The molecule has 2 aromatic heterocycles. The number of fused-ring (bicyclic) bond motifs is 3. The van der Waals surface area contributed by atoms with Crippen molar-refractivity contribution in [1.82, 2.24) is 20.0 Å². The highest BCUT2D eigenvalue weighted by atomic mass is 16.5. The van der Waals surface area contributed by atoms with Gasteiger partial charge in [0.25, 0.3) is 0 Å². The zero-order valence-electron chi connectivity index (χ0n) is 15.1. The van der Waals surface area contributed by atoms with E-state index in [9.17, 15) is 4.79 Å². The van der Waals surface area contributed by atoms with Gasteiger partial charge in [0.05, 0.1) is 19.6 Å². The molecule has 0 aliphatic heterocycles. The smallest absolute Gasteiger partial charge is 0.248 e. The summed E-state index contributed by atoms with van der Waals surface area (Å²) < 4.78 is 12.5. The molecule has 136 valence electrons. The van der Waals surface area contributed by atoms with Gasteiger partial charge in [0.15, 0.2) is 11.4 Å². The maximum atomic E-state index is 11.6. The topological polar surface area (TPSA) is 105 Å². The molecular formula is C19H17N5O3. The minimum atomic E-state index is -0.495. The van der Waals surface area contributed by atoms with Crippen LogP contribution in [0.25, 0.3) is 33.2 Å². The van der Waals surface area contributed by atoms with Gasteiger partial charge in [-0.3, -0.25) is 4.79 Å². The molecule has 1 amide bonds. The molecule has 2 N–H and O–H groups in total. The van der Waals surface area contributed by atoms with Crippen molar-refractivity contribution in [2.24, 2.45) is 12.8 Å². The van der Waals surface area contributed by atoms with Crippen molar-refractivity contribution < 1.29 is 14.3 Å². The Bertz CT molecular complexity index is 1200. The average Bonchev–Trinajstić information content (AvgIpc) is 3.04. The molecule has 0 bridgehead atoms. The number of nitrogens with zero attached hydrogens (tertiary/aromatic N) is 4. The Morgan fingerprint density at radius 1 is 1.11 bits per heavy atom. The Hall–Kier alpha value is -3.68. The maximum absolute atomic E-state index is 11.6. The van der Waals surface area contributed by atoms with Crippen LogP contribution in [0.4, 0.5) is 0 Å². The number of carbonyl (C=O) groups is 1. The van der Waals surface area contributed by atoms with Gasteiger partial charge in [0, 0.05) is 29.6 Å². The van der Waals surface area contributed by atoms with Crippen LogP contribution in [0.1, 0.15) is 10.4 Å². The summed E-state index contributed by atoms with van der Waals surface area (Å²) in [6.07, 6.45) is 0. The average molecular weight is 363 g/mol. The molecule has 0 saturated heterocycles. The molecule has 0 aliphatic rings. The van der Waals surface area contributed by atoms with Crippen molar-refractivity contribution in [3.05, 3.63) is 42.0 Å². The number of hydrogen-bond acceptors (Lipinski definition) is 6. The summed E-state index contributed by atoms with van der Waals surface area (Å²) in [7, 11) is 4.95. The largest absolute Gasteiger partial charge is 0.497 e. The molecule has 0 unspecified atom stereocenters. The standard InChI is InChI=1S/C19H17N5O3/c1-24-19-15(16(23-24)10-5-4-6-11(7-10)18(20)25)13-8-12(26-2)9-14(27-3)17(13)21-22-19/h4-9H,1-3H3,(H2,20,25). The van der Waals surface area contributed by atoms with Gasteiger partial charge in [-0.1, -0.05) is 12.1 Å². The Kier molecular flexibility index (Phi) is 3.88. The number of carbonyl (C=O) groups excluding carboxylic acids is 1. The van der Waals surface area contributed by atoms with Gasteiger partial charge in [-0.15, -0.1) is 10.2 Å². The van der Waals surface area contributed by atoms with Gasteiger partial charge in [-0.25, -0.2) is 4.68 Å². The van der Waals surface area contributed by atoms with Gasteiger partial charge in [-0.05, 0) is 18.2 Å². The van der Waals surface area contributed by atoms with E-state index in [0.717, 1.165) is 16.3 Å². The normalized spacial score (nSPS) is 11.1. The number of primary amides is 1. The highest BCUT2D eigenvalue weighted by Crippen LogP contribution is 2.37. The molecule has 0 spiro atoms. The minimum absolute atomic E-state index is 0.410. The first-order valence-electron chi connectivity index (χ1n) is 8.19. The van der Waals surface area contributed by atoms with E-state index in [1.807, 2.05) is 12.1 Å². The van der Waals surface area contributed by atoms with E-state index in [0.29, 0.717) is 33.9 Å². The van der Waals surface area contributed by atoms with Crippen molar-refractivity contribution in [2.75, 3.05) is 14.2 Å². The lowest BCUT2D eigenvalue weighted by molar-refractivity contribution is 0.100. The lowest BCUT2D eigenvalue weighted by atomic mass is 10.0. The molecule has 0 saturated carbocycles. The quantitative estimate of drug-likeness (QED) is 0.596. The number of aromatic nitrogens is 4. The molecule has 0 radical (unpaired) electrons. The zero-order valence-corrected chi connectivity index (χ0v) is 15.1. The Morgan fingerprint density at radius 2 is 1.93 bits per heavy atom. The second kappa shape index (κ2) is 6.24. The van der Waals surface area contributed by atoms with E-state index >= 15 is 0 Å². The number of aryl methyl sites for hydroxylation is 1. The fourth-order valence-electron chi connectivity index (χ4n) is 3.15. The number of ether oxygens (including phenoxy) is 2. The zero-order chi connectivity index (χ0) is 19.1.